The van der Waals surface area contributed by atoms with Gasteiger partial charge in [0.2, 0.25) is 5.91 Å². The molecule has 1 aromatic carbocycles. The number of nitrogens with one attached hydrogen (secondary N) is 1. The summed E-state index contributed by atoms with van der Waals surface area (Å²) in [6, 6.07) is 5.50. The minimum absolute atomic E-state index is 0.0631. The predicted octanol–water partition coefficient (Wildman–Crippen LogP) is 1.60. The molecule has 0 heterocycles. The fourth-order valence-electron chi connectivity index (χ4n) is 2.39. The Morgan fingerprint density at radius 3 is 2.21 bits per heavy atom. The van der Waals surface area contributed by atoms with E-state index in [0.29, 0.717) is 18.4 Å². The number of carbonyl (C=O) groups is 2. The molecule has 0 unspecified atom stereocenters. The molecule has 0 aliphatic heterocycles. The molecule has 2 amide bonds. The Morgan fingerprint density at radius 1 is 1.11 bits per heavy atom. The summed E-state index contributed by atoms with van der Waals surface area (Å²) in [5.74, 6) is -0.900. The highest BCUT2D eigenvalue weighted by Crippen LogP contribution is 2.24. The first-order valence-corrected chi connectivity index (χ1v) is 6.42. The third kappa shape index (κ3) is 3.53. The molecule has 4 nitrogen and oxygen atoms in total. The zero-order valence-corrected chi connectivity index (χ0v) is 10.6. The van der Waals surface area contributed by atoms with Gasteiger partial charge in [-0.25, -0.2) is 4.39 Å². The number of primary amides is 1. The Kier molecular flexibility index (Phi) is 4.14. The van der Waals surface area contributed by atoms with Crippen molar-refractivity contribution in [3.63, 3.8) is 0 Å². The van der Waals surface area contributed by atoms with E-state index in [1.807, 2.05) is 0 Å². The van der Waals surface area contributed by atoms with Crippen LogP contribution in [-0.2, 0) is 4.79 Å². The smallest absolute Gasteiger partial charge is 0.251 e. The molecule has 0 radical (unpaired) electrons. The first kappa shape index (κ1) is 13.5. The van der Waals surface area contributed by atoms with E-state index < -0.39 is 0 Å². The number of hydrogen-bond donors (Lipinski definition) is 2. The van der Waals surface area contributed by atoms with Crippen LogP contribution in [-0.4, -0.2) is 17.9 Å². The van der Waals surface area contributed by atoms with Crippen LogP contribution in [0.5, 0.6) is 0 Å². The van der Waals surface area contributed by atoms with E-state index in [1.54, 1.807) is 0 Å². The maximum Gasteiger partial charge on any atom is 0.251 e. The van der Waals surface area contributed by atoms with Crippen LogP contribution in [0.3, 0.4) is 0 Å². The number of rotatable bonds is 3. The van der Waals surface area contributed by atoms with Gasteiger partial charge in [-0.2, -0.15) is 0 Å². The van der Waals surface area contributed by atoms with E-state index in [0.717, 1.165) is 12.8 Å². The molecule has 2 rings (SSSR count). The zero-order chi connectivity index (χ0) is 13.8. The third-order valence-corrected chi connectivity index (χ3v) is 3.57. The van der Waals surface area contributed by atoms with Crippen LogP contribution >= 0.6 is 0 Å². The molecule has 3 N–H and O–H groups in total. The van der Waals surface area contributed by atoms with Crippen LogP contribution in [0.4, 0.5) is 4.39 Å². The van der Waals surface area contributed by atoms with Gasteiger partial charge in [0.25, 0.3) is 5.91 Å². The van der Waals surface area contributed by atoms with Crippen molar-refractivity contribution < 1.29 is 14.0 Å². The molecule has 1 fully saturated rings. The minimum Gasteiger partial charge on any atom is -0.369 e. The first-order chi connectivity index (χ1) is 9.06. The predicted molar refractivity (Wildman–Crippen MR) is 68.8 cm³/mol. The van der Waals surface area contributed by atoms with Crippen molar-refractivity contribution in [2.24, 2.45) is 11.7 Å². The molecular weight excluding hydrogens is 247 g/mol. The number of amides is 2. The van der Waals surface area contributed by atoms with Crippen LogP contribution < -0.4 is 11.1 Å². The van der Waals surface area contributed by atoms with E-state index in [-0.39, 0.29) is 29.6 Å². The van der Waals surface area contributed by atoms with E-state index in [1.165, 1.54) is 24.3 Å². The van der Waals surface area contributed by atoms with E-state index in [9.17, 15) is 14.0 Å². The maximum absolute atomic E-state index is 12.8. The Bertz CT molecular complexity index is 465. The fourth-order valence-corrected chi connectivity index (χ4v) is 2.39. The summed E-state index contributed by atoms with van der Waals surface area (Å²) in [7, 11) is 0. The van der Waals surface area contributed by atoms with Gasteiger partial charge in [0, 0.05) is 17.5 Å². The molecule has 102 valence electrons. The van der Waals surface area contributed by atoms with E-state index in [4.69, 9.17) is 5.73 Å². The largest absolute Gasteiger partial charge is 0.369 e. The molecule has 0 spiro atoms. The van der Waals surface area contributed by atoms with Gasteiger partial charge in [-0.15, -0.1) is 0 Å². The highest BCUT2D eigenvalue weighted by Gasteiger charge is 2.25. The van der Waals surface area contributed by atoms with Gasteiger partial charge in [0.1, 0.15) is 5.82 Å². The second-order valence-electron chi connectivity index (χ2n) is 4.93. The summed E-state index contributed by atoms with van der Waals surface area (Å²) in [6.45, 7) is 0. The Balaban J connectivity index is 1.87. The lowest BCUT2D eigenvalue weighted by Crippen LogP contribution is -2.39. The molecule has 0 saturated heterocycles. The van der Waals surface area contributed by atoms with Crippen molar-refractivity contribution in [1.82, 2.24) is 5.32 Å². The number of hydrogen-bond acceptors (Lipinski definition) is 2. The lowest BCUT2D eigenvalue weighted by molar-refractivity contribution is -0.122. The molecule has 0 aromatic heterocycles. The van der Waals surface area contributed by atoms with Crippen LogP contribution in [0.1, 0.15) is 36.0 Å². The van der Waals surface area contributed by atoms with Crippen molar-refractivity contribution in [2.75, 3.05) is 0 Å². The van der Waals surface area contributed by atoms with Crippen molar-refractivity contribution in [2.45, 2.75) is 31.7 Å². The quantitative estimate of drug-likeness (QED) is 0.870. The zero-order valence-electron chi connectivity index (χ0n) is 10.6. The number of carbonyl (C=O) groups excluding carboxylic acids is 2. The molecule has 0 atom stereocenters. The minimum atomic E-state index is -0.362. The van der Waals surface area contributed by atoms with Gasteiger partial charge in [-0.1, -0.05) is 0 Å². The average molecular weight is 264 g/mol. The summed E-state index contributed by atoms with van der Waals surface area (Å²) in [5, 5.41) is 2.90. The van der Waals surface area contributed by atoms with E-state index >= 15 is 0 Å². The van der Waals surface area contributed by atoms with Crippen LogP contribution in [0.15, 0.2) is 24.3 Å². The highest BCUT2D eigenvalue weighted by molar-refractivity contribution is 5.94. The number of benzene rings is 1. The third-order valence-electron chi connectivity index (χ3n) is 3.57. The molecule has 5 heteroatoms. The van der Waals surface area contributed by atoms with Crippen LogP contribution in [0.25, 0.3) is 0 Å². The second kappa shape index (κ2) is 5.82. The SMILES string of the molecule is NC(=O)C1CCC(NC(=O)c2ccc(F)cc2)CC1. The van der Waals surface area contributed by atoms with Gasteiger partial charge >= 0.3 is 0 Å². The standard InChI is InChI=1S/C14H17FN2O2/c15-11-5-1-10(2-6-11)14(19)17-12-7-3-9(4-8-12)13(16)18/h1-2,5-6,9,12H,3-4,7-8H2,(H2,16,18)(H,17,19). The Labute approximate surface area is 111 Å². The fraction of sp³-hybridized carbons (Fsp3) is 0.429. The Hall–Kier alpha value is -1.91. The molecule has 1 saturated carbocycles. The summed E-state index contributed by atoms with van der Waals surface area (Å²) < 4.78 is 12.8. The van der Waals surface area contributed by atoms with E-state index in [2.05, 4.69) is 5.32 Å². The van der Waals surface area contributed by atoms with Crippen LogP contribution in [0.2, 0.25) is 0 Å². The maximum atomic E-state index is 12.8. The monoisotopic (exact) mass is 264 g/mol. The van der Waals surface area contributed by atoms with Crippen LogP contribution in [0, 0.1) is 11.7 Å². The van der Waals surface area contributed by atoms with Gasteiger partial charge < -0.3 is 11.1 Å². The molecule has 0 bridgehead atoms. The lowest BCUT2D eigenvalue weighted by Gasteiger charge is -2.27. The second-order valence-corrected chi connectivity index (χ2v) is 4.93. The Morgan fingerprint density at radius 2 is 1.68 bits per heavy atom. The van der Waals surface area contributed by atoms with Crippen molar-refractivity contribution in [1.29, 1.82) is 0 Å². The lowest BCUT2D eigenvalue weighted by atomic mass is 9.85. The van der Waals surface area contributed by atoms with Gasteiger partial charge in [0.05, 0.1) is 0 Å². The van der Waals surface area contributed by atoms with Gasteiger partial charge in [-0.3, -0.25) is 9.59 Å². The average Bonchev–Trinajstić information content (AvgIpc) is 2.40. The van der Waals surface area contributed by atoms with Crippen molar-refractivity contribution in [3.05, 3.63) is 35.6 Å². The first-order valence-electron chi connectivity index (χ1n) is 6.42. The van der Waals surface area contributed by atoms with Crippen molar-refractivity contribution >= 4 is 11.8 Å². The molecular formula is C14H17FN2O2. The summed E-state index contributed by atoms with van der Waals surface area (Å²) in [5.41, 5.74) is 5.70. The number of nitrogens with two attached hydrogens (primary N) is 1. The summed E-state index contributed by atoms with van der Waals surface area (Å²) in [4.78, 5) is 23.0. The normalized spacial score (nSPS) is 22.8. The van der Waals surface area contributed by atoms with Crippen molar-refractivity contribution in [3.8, 4) is 0 Å². The molecule has 1 aromatic rings. The molecule has 1 aliphatic rings. The summed E-state index contributed by atoms with van der Waals surface area (Å²) in [6.07, 6.45) is 2.93. The molecule has 1 aliphatic carbocycles. The number of halogens is 1. The molecule has 19 heavy (non-hydrogen) atoms. The highest BCUT2D eigenvalue weighted by atomic mass is 19.1. The topological polar surface area (TPSA) is 72.2 Å². The summed E-state index contributed by atoms with van der Waals surface area (Å²) >= 11 is 0. The van der Waals surface area contributed by atoms with Gasteiger partial charge in [0.15, 0.2) is 0 Å². The van der Waals surface area contributed by atoms with Gasteiger partial charge in [-0.05, 0) is 49.9 Å².